The minimum atomic E-state index is -1.76. The molecule has 0 aromatic heterocycles. The third kappa shape index (κ3) is 5.49. The molecule has 0 aromatic carbocycles. The van der Waals surface area contributed by atoms with E-state index in [1.807, 2.05) is 13.8 Å². The number of fused-ring (bicyclic) bond motifs is 5. The van der Waals surface area contributed by atoms with Gasteiger partial charge in [-0.3, -0.25) is 19.2 Å². The maximum absolute atomic E-state index is 13.4. The summed E-state index contributed by atoms with van der Waals surface area (Å²) in [5.74, 6) is -3.23. The van der Waals surface area contributed by atoms with Gasteiger partial charge in [-0.05, 0) is 73.7 Å². The fourth-order valence-corrected chi connectivity index (χ4v) is 8.63. The average molecular weight is 576 g/mol. The van der Waals surface area contributed by atoms with Gasteiger partial charge in [0.05, 0.1) is 12.5 Å². The van der Waals surface area contributed by atoms with Crippen molar-refractivity contribution in [3.63, 3.8) is 0 Å². The van der Waals surface area contributed by atoms with Gasteiger partial charge in [-0.25, -0.2) is 4.79 Å². The molecule has 4 rings (SSSR count). The summed E-state index contributed by atoms with van der Waals surface area (Å²) in [5, 5.41) is 35.0. The van der Waals surface area contributed by atoms with Crippen LogP contribution >= 0.6 is 0 Å². The lowest BCUT2D eigenvalue weighted by Gasteiger charge is -2.60. The van der Waals surface area contributed by atoms with Gasteiger partial charge in [0.25, 0.3) is 0 Å². The molecule has 0 heterocycles. The van der Waals surface area contributed by atoms with Gasteiger partial charge in [0.15, 0.2) is 12.4 Å². The molecule has 9 atom stereocenters. The molecular formula is C31H45NO9. The molecule has 0 spiro atoms. The summed E-state index contributed by atoms with van der Waals surface area (Å²) in [7, 11) is 0. The van der Waals surface area contributed by atoms with Gasteiger partial charge in [-0.15, -0.1) is 0 Å². The minimum absolute atomic E-state index is 0.00736. The Bertz CT molecular complexity index is 1130. The lowest BCUT2D eigenvalue weighted by atomic mass is 9.45. The SMILES string of the molecule is CC[C@H](C)[C@@H](NC(=O)CCC(=O)OCC(=O)[C@@]1(O)CC[C@H]2[C@@H]3CCC4=CC(=O)CC[C@]4(C)[C@H]3[C@@H](O)C[C@@]21C)C(=O)O. The van der Waals surface area contributed by atoms with Crippen LogP contribution in [0.2, 0.25) is 0 Å². The fourth-order valence-electron chi connectivity index (χ4n) is 8.63. The number of amides is 1. The Morgan fingerprint density at radius 3 is 2.49 bits per heavy atom. The van der Waals surface area contributed by atoms with Crippen molar-refractivity contribution in [3.05, 3.63) is 11.6 Å². The standard InChI is InChI=1S/C31H45NO9/c1-5-17(2)27(28(38)39)32-24(36)8-9-25(37)41-16-23(35)31(40)13-11-21-20-7-6-18-14-19(33)10-12-29(18,3)26(20)22(34)15-30(21,31)4/h14,17,20-22,26-27,34,40H,5-13,15-16H2,1-4H3,(H,32,36)(H,38,39)/t17-,20-,21-,22-,26+,27+,29-,30-,31-/m0/s1. The highest BCUT2D eigenvalue weighted by Crippen LogP contribution is 2.67. The molecule has 41 heavy (non-hydrogen) atoms. The number of aliphatic hydroxyl groups excluding tert-OH is 1. The summed E-state index contributed by atoms with van der Waals surface area (Å²) in [5.41, 5.74) is -1.81. The molecule has 10 heteroatoms. The number of aliphatic hydroxyl groups is 2. The zero-order valence-corrected chi connectivity index (χ0v) is 24.6. The average Bonchev–Trinajstić information content (AvgIpc) is 3.19. The van der Waals surface area contributed by atoms with Crippen molar-refractivity contribution in [2.45, 2.75) is 110 Å². The normalized spacial score (nSPS) is 37.5. The molecule has 3 saturated carbocycles. The van der Waals surface area contributed by atoms with Crippen LogP contribution in [0.1, 0.15) is 91.9 Å². The molecule has 0 aliphatic heterocycles. The molecule has 0 bridgehead atoms. The number of ether oxygens (including phenoxy) is 1. The van der Waals surface area contributed by atoms with Crippen LogP contribution in [0.5, 0.6) is 0 Å². The predicted octanol–water partition coefficient (Wildman–Crippen LogP) is 2.73. The number of carboxylic acid groups (broad SMARTS) is 1. The quantitative estimate of drug-likeness (QED) is 0.286. The van der Waals surface area contributed by atoms with Crippen LogP contribution in [0.4, 0.5) is 0 Å². The van der Waals surface area contributed by atoms with Crippen LogP contribution in [-0.4, -0.2) is 69.1 Å². The molecule has 4 N–H and O–H groups in total. The van der Waals surface area contributed by atoms with E-state index in [0.29, 0.717) is 25.7 Å². The van der Waals surface area contributed by atoms with Crippen LogP contribution in [0, 0.1) is 34.5 Å². The van der Waals surface area contributed by atoms with E-state index < -0.39 is 53.4 Å². The summed E-state index contributed by atoms with van der Waals surface area (Å²) in [6.45, 7) is 6.90. The van der Waals surface area contributed by atoms with E-state index in [-0.39, 0.29) is 60.6 Å². The Morgan fingerprint density at radius 1 is 1.12 bits per heavy atom. The summed E-state index contributed by atoms with van der Waals surface area (Å²) < 4.78 is 5.16. The van der Waals surface area contributed by atoms with Crippen molar-refractivity contribution in [1.29, 1.82) is 0 Å². The van der Waals surface area contributed by atoms with Crippen molar-refractivity contribution in [3.8, 4) is 0 Å². The second kappa shape index (κ2) is 11.6. The molecule has 3 fully saturated rings. The zero-order valence-electron chi connectivity index (χ0n) is 24.6. The largest absolute Gasteiger partial charge is 0.480 e. The molecule has 4 aliphatic rings. The van der Waals surface area contributed by atoms with Gasteiger partial charge >= 0.3 is 11.9 Å². The lowest BCUT2D eigenvalue weighted by molar-refractivity contribution is -0.184. The Kier molecular flexibility index (Phi) is 8.86. The molecule has 4 aliphatic carbocycles. The van der Waals surface area contributed by atoms with E-state index >= 15 is 0 Å². The van der Waals surface area contributed by atoms with Gasteiger partial charge in [0.1, 0.15) is 11.6 Å². The first-order valence-corrected chi connectivity index (χ1v) is 15.0. The van der Waals surface area contributed by atoms with E-state index in [0.717, 1.165) is 18.4 Å². The number of hydrogen-bond donors (Lipinski definition) is 4. The monoisotopic (exact) mass is 575 g/mol. The van der Waals surface area contributed by atoms with Crippen LogP contribution in [0.25, 0.3) is 0 Å². The van der Waals surface area contributed by atoms with Crippen LogP contribution in [-0.2, 0) is 28.7 Å². The number of esters is 1. The summed E-state index contributed by atoms with van der Waals surface area (Å²) in [6.07, 6.45) is 4.77. The van der Waals surface area contributed by atoms with Crippen LogP contribution in [0.3, 0.4) is 0 Å². The first-order valence-electron chi connectivity index (χ1n) is 15.0. The van der Waals surface area contributed by atoms with Gasteiger partial charge in [-0.1, -0.05) is 39.7 Å². The van der Waals surface area contributed by atoms with Gasteiger partial charge in [-0.2, -0.15) is 0 Å². The number of hydrogen-bond acceptors (Lipinski definition) is 8. The molecule has 1 amide bonds. The molecule has 0 saturated heterocycles. The smallest absolute Gasteiger partial charge is 0.326 e. The Balaban J connectivity index is 1.37. The summed E-state index contributed by atoms with van der Waals surface area (Å²) in [4.78, 5) is 61.5. The van der Waals surface area contributed by atoms with Gasteiger partial charge < -0.3 is 25.4 Å². The molecule has 0 aromatic rings. The van der Waals surface area contributed by atoms with Crippen molar-refractivity contribution in [2.75, 3.05) is 6.61 Å². The minimum Gasteiger partial charge on any atom is -0.480 e. The number of ketones is 2. The zero-order chi connectivity index (χ0) is 30.3. The Labute approximate surface area is 241 Å². The van der Waals surface area contributed by atoms with E-state index in [2.05, 4.69) is 12.2 Å². The van der Waals surface area contributed by atoms with E-state index in [1.165, 1.54) is 0 Å². The van der Waals surface area contributed by atoms with Crippen LogP contribution in [0.15, 0.2) is 11.6 Å². The molecule has 10 nitrogen and oxygen atoms in total. The van der Waals surface area contributed by atoms with E-state index in [4.69, 9.17) is 4.74 Å². The van der Waals surface area contributed by atoms with E-state index in [1.54, 1.807) is 13.0 Å². The van der Waals surface area contributed by atoms with Gasteiger partial charge in [0, 0.05) is 18.3 Å². The highest BCUT2D eigenvalue weighted by molar-refractivity contribution is 5.92. The number of Topliss-reactive ketones (excluding diaryl/α,β-unsaturated/α-hetero) is 1. The van der Waals surface area contributed by atoms with Crippen molar-refractivity contribution in [2.24, 2.45) is 34.5 Å². The number of allylic oxidation sites excluding steroid dienone is 1. The molecule has 228 valence electrons. The topological polar surface area (TPSA) is 167 Å². The second-order valence-electron chi connectivity index (χ2n) is 13.3. The first-order chi connectivity index (χ1) is 19.2. The van der Waals surface area contributed by atoms with E-state index in [9.17, 15) is 39.3 Å². The van der Waals surface area contributed by atoms with Crippen molar-refractivity contribution >= 4 is 29.4 Å². The fraction of sp³-hybridized carbons (Fsp3) is 0.774. The van der Waals surface area contributed by atoms with Crippen molar-refractivity contribution in [1.82, 2.24) is 5.32 Å². The lowest BCUT2D eigenvalue weighted by Crippen LogP contribution is -2.62. The number of carbonyl (C=O) groups excluding carboxylic acids is 4. The first kappa shape index (κ1) is 31.3. The number of carbonyl (C=O) groups is 5. The highest BCUT2D eigenvalue weighted by atomic mass is 16.5. The van der Waals surface area contributed by atoms with Crippen molar-refractivity contribution < 1.29 is 44.0 Å². The third-order valence-electron chi connectivity index (χ3n) is 11.2. The number of aliphatic carboxylic acids is 1. The number of rotatable bonds is 10. The predicted molar refractivity (Wildman–Crippen MR) is 147 cm³/mol. The van der Waals surface area contributed by atoms with Crippen LogP contribution < -0.4 is 5.32 Å². The molecular weight excluding hydrogens is 530 g/mol. The maximum Gasteiger partial charge on any atom is 0.326 e. The maximum atomic E-state index is 13.4. The summed E-state index contributed by atoms with van der Waals surface area (Å²) in [6, 6.07) is -1.06. The molecule has 0 radical (unpaired) electrons. The second-order valence-corrected chi connectivity index (χ2v) is 13.3. The Hall–Kier alpha value is -2.59. The number of nitrogens with one attached hydrogen (secondary N) is 1. The number of carboxylic acids is 1. The molecule has 0 unspecified atom stereocenters. The Morgan fingerprint density at radius 2 is 1.83 bits per heavy atom. The van der Waals surface area contributed by atoms with Gasteiger partial charge in [0.2, 0.25) is 11.7 Å². The third-order valence-corrected chi connectivity index (χ3v) is 11.2. The summed E-state index contributed by atoms with van der Waals surface area (Å²) >= 11 is 0. The highest BCUT2D eigenvalue weighted by Gasteiger charge is 2.68.